The van der Waals surface area contributed by atoms with Crippen molar-refractivity contribution < 1.29 is 5.11 Å². The Bertz CT molecular complexity index is 280. The highest BCUT2D eigenvalue weighted by atomic mass is 16.3. The molecule has 0 aromatic carbocycles. The van der Waals surface area contributed by atoms with Gasteiger partial charge in [-0.2, -0.15) is 5.10 Å². The Labute approximate surface area is 72.0 Å². The number of aromatic nitrogens is 2. The van der Waals surface area contributed by atoms with Crippen LogP contribution in [-0.2, 0) is 12.6 Å². The summed E-state index contributed by atoms with van der Waals surface area (Å²) in [5, 5.41) is 14.2. The summed E-state index contributed by atoms with van der Waals surface area (Å²) in [5.74, 6) is 0. The molecule has 1 saturated carbocycles. The van der Waals surface area contributed by atoms with Gasteiger partial charge in [-0.05, 0) is 32.3 Å². The average Bonchev–Trinajstić information content (AvgIpc) is 2.28. The lowest BCUT2D eigenvalue weighted by molar-refractivity contribution is -0.0430. The minimum absolute atomic E-state index is 0.605. The number of rotatable bonds is 1. The first-order chi connectivity index (χ1) is 5.62. The van der Waals surface area contributed by atoms with Crippen LogP contribution in [0.3, 0.4) is 0 Å². The zero-order valence-corrected chi connectivity index (χ0v) is 7.54. The van der Waals surface area contributed by atoms with Crippen molar-refractivity contribution in [3.63, 3.8) is 0 Å². The number of hydrogen-bond acceptors (Lipinski definition) is 2. The Hall–Kier alpha value is -0.830. The van der Waals surface area contributed by atoms with Gasteiger partial charge in [-0.1, -0.05) is 0 Å². The van der Waals surface area contributed by atoms with Crippen molar-refractivity contribution in [2.45, 2.75) is 31.8 Å². The van der Waals surface area contributed by atoms with Crippen molar-refractivity contribution in [3.8, 4) is 0 Å². The Morgan fingerprint density at radius 3 is 2.58 bits per heavy atom. The third-order valence-corrected chi connectivity index (χ3v) is 2.77. The van der Waals surface area contributed by atoms with Gasteiger partial charge in [0.2, 0.25) is 0 Å². The molecule has 0 bridgehead atoms. The molecule has 1 heterocycles. The van der Waals surface area contributed by atoms with Crippen molar-refractivity contribution >= 4 is 0 Å². The van der Waals surface area contributed by atoms with Crippen molar-refractivity contribution in [1.29, 1.82) is 0 Å². The zero-order valence-electron chi connectivity index (χ0n) is 7.54. The molecule has 2 rings (SSSR count). The van der Waals surface area contributed by atoms with Gasteiger partial charge < -0.3 is 5.11 Å². The average molecular weight is 166 g/mol. The predicted octanol–water partition coefficient (Wildman–Crippen LogP) is 1.10. The van der Waals surface area contributed by atoms with Crippen LogP contribution in [0.4, 0.5) is 0 Å². The molecule has 0 unspecified atom stereocenters. The Kier molecular flexibility index (Phi) is 1.51. The van der Waals surface area contributed by atoms with E-state index >= 15 is 0 Å². The first-order valence-corrected chi connectivity index (χ1v) is 4.35. The smallest absolute Gasteiger partial charge is 0.108 e. The van der Waals surface area contributed by atoms with E-state index in [1.807, 2.05) is 24.7 Å². The fourth-order valence-electron chi connectivity index (χ4n) is 1.56. The van der Waals surface area contributed by atoms with E-state index in [0.717, 1.165) is 30.7 Å². The summed E-state index contributed by atoms with van der Waals surface area (Å²) in [6.07, 6.45) is 2.85. The molecule has 66 valence electrons. The van der Waals surface area contributed by atoms with Gasteiger partial charge in [0.15, 0.2) is 0 Å². The highest BCUT2D eigenvalue weighted by Gasteiger charge is 2.38. The molecule has 1 aromatic rings. The molecule has 12 heavy (non-hydrogen) atoms. The molecular weight excluding hydrogens is 152 g/mol. The molecule has 1 aliphatic carbocycles. The lowest BCUT2D eigenvalue weighted by Crippen LogP contribution is -2.34. The third-order valence-electron chi connectivity index (χ3n) is 2.77. The van der Waals surface area contributed by atoms with E-state index in [1.165, 1.54) is 0 Å². The van der Waals surface area contributed by atoms with Crippen LogP contribution in [0.1, 0.15) is 30.7 Å². The van der Waals surface area contributed by atoms with Crippen LogP contribution < -0.4 is 0 Å². The molecule has 1 N–H and O–H groups in total. The van der Waals surface area contributed by atoms with Crippen LogP contribution in [0.25, 0.3) is 0 Å². The Morgan fingerprint density at radius 1 is 1.58 bits per heavy atom. The molecule has 1 fully saturated rings. The van der Waals surface area contributed by atoms with Crippen LogP contribution in [0.2, 0.25) is 0 Å². The molecule has 1 aromatic heterocycles. The maximum absolute atomic E-state index is 9.94. The first kappa shape index (κ1) is 7.80. The van der Waals surface area contributed by atoms with Crippen LogP contribution in [0.15, 0.2) is 6.07 Å². The minimum atomic E-state index is -0.605. The fourth-order valence-corrected chi connectivity index (χ4v) is 1.56. The summed E-state index contributed by atoms with van der Waals surface area (Å²) in [6, 6.07) is 1.97. The fraction of sp³-hybridized carbons (Fsp3) is 0.667. The molecule has 3 heteroatoms. The maximum Gasteiger partial charge on any atom is 0.108 e. The minimum Gasteiger partial charge on any atom is -0.383 e. The Balaban J connectivity index is 2.34. The lowest BCUT2D eigenvalue weighted by atomic mass is 9.78. The first-order valence-electron chi connectivity index (χ1n) is 4.35. The number of hydrogen-bond donors (Lipinski definition) is 1. The van der Waals surface area contributed by atoms with Crippen LogP contribution >= 0.6 is 0 Å². The summed E-state index contributed by atoms with van der Waals surface area (Å²) in [4.78, 5) is 0. The predicted molar refractivity (Wildman–Crippen MR) is 45.7 cm³/mol. The van der Waals surface area contributed by atoms with Gasteiger partial charge in [0.1, 0.15) is 5.60 Å². The number of aryl methyl sites for hydroxylation is 2. The van der Waals surface area contributed by atoms with Gasteiger partial charge in [0.05, 0.1) is 5.69 Å². The SMILES string of the molecule is Cc1cc(C2(O)CCC2)nn1C. The second-order valence-electron chi connectivity index (χ2n) is 3.68. The van der Waals surface area contributed by atoms with Crippen LogP contribution in [-0.4, -0.2) is 14.9 Å². The zero-order chi connectivity index (χ0) is 8.77. The number of aliphatic hydroxyl groups is 1. The van der Waals surface area contributed by atoms with E-state index in [4.69, 9.17) is 0 Å². The highest BCUT2D eigenvalue weighted by molar-refractivity contribution is 5.18. The standard InChI is InChI=1S/C9H14N2O/c1-7-6-8(10-11(7)2)9(12)4-3-5-9/h6,12H,3-5H2,1-2H3. The van der Waals surface area contributed by atoms with Crippen LogP contribution in [0, 0.1) is 6.92 Å². The quantitative estimate of drug-likeness (QED) is 0.678. The van der Waals surface area contributed by atoms with Crippen molar-refractivity contribution in [2.75, 3.05) is 0 Å². The van der Waals surface area contributed by atoms with Gasteiger partial charge in [0.25, 0.3) is 0 Å². The summed E-state index contributed by atoms with van der Waals surface area (Å²) in [5.41, 5.74) is 1.34. The Morgan fingerprint density at radius 2 is 2.25 bits per heavy atom. The summed E-state index contributed by atoms with van der Waals surface area (Å²) in [6.45, 7) is 2.00. The van der Waals surface area contributed by atoms with E-state index < -0.39 is 5.60 Å². The van der Waals surface area contributed by atoms with Crippen molar-refractivity contribution in [1.82, 2.24) is 9.78 Å². The van der Waals surface area contributed by atoms with E-state index in [9.17, 15) is 5.11 Å². The molecule has 0 aliphatic heterocycles. The van der Waals surface area contributed by atoms with E-state index in [1.54, 1.807) is 0 Å². The second kappa shape index (κ2) is 2.33. The maximum atomic E-state index is 9.94. The van der Waals surface area contributed by atoms with Gasteiger partial charge in [-0.3, -0.25) is 4.68 Å². The van der Waals surface area contributed by atoms with E-state index in [0.29, 0.717) is 0 Å². The largest absolute Gasteiger partial charge is 0.383 e. The monoisotopic (exact) mass is 166 g/mol. The normalized spacial score (nSPS) is 20.6. The molecule has 3 nitrogen and oxygen atoms in total. The van der Waals surface area contributed by atoms with Gasteiger partial charge in [-0.25, -0.2) is 0 Å². The molecule has 0 amide bonds. The molecule has 0 radical (unpaired) electrons. The molecule has 0 saturated heterocycles. The molecule has 0 atom stereocenters. The number of nitrogens with zero attached hydrogens (tertiary/aromatic N) is 2. The molecule has 0 spiro atoms. The lowest BCUT2D eigenvalue weighted by Gasteiger charge is -2.34. The summed E-state index contributed by atoms with van der Waals surface area (Å²) in [7, 11) is 1.90. The second-order valence-corrected chi connectivity index (χ2v) is 3.68. The third kappa shape index (κ3) is 0.966. The van der Waals surface area contributed by atoms with Gasteiger partial charge >= 0.3 is 0 Å². The summed E-state index contributed by atoms with van der Waals surface area (Å²) < 4.78 is 1.81. The summed E-state index contributed by atoms with van der Waals surface area (Å²) >= 11 is 0. The van der Waals surface area contributed by atoms with Crippen molar-refractivity contribution in [2.24, 2.45) is 7.05 Å². The molecule has 1 aliphatic rings. The van der Waals surface area contributed by atoms with Gasteiger partial charge in [-0.15, -0.1) is 0 Å². The van der Waals surface area contributed by atoms with Crippen LogP contribution in [0.5, 0.6) is 0 Å². The van der Waals surface area contributed by atoms with Crippen molar-refractivity contribution in [3.05, 3.63) is 17.5 Å². The highest BCUT2D eigenvalue weighted by Crippen LogP contribution is 2.40. The van der Waals surface area contributed by atoms with Gasteiger partial charge in [0, 0.05) is 12.7 Å². The molecular formula is C9H14N2O. The van der Waals surface area contributed by atoms with E-state index in [2.05, 4.69) is 5.10 Å². The topological polar surface area (TPSA) is 38.1 Å². The van der Waals surface area contributed by atoms with E-state index in [-0.39, 0.29) is 0 Å².